The van der Waals surface area contributed by atoms with E-state index in [1.807, 2.05) is 25.1 Å². The first-order valence-electron chi connectivity index (χ1n) is 9.43. The Labute approximate surface area is 165 Å². The van der Waals surface area contributed by atoms with Crippen molar-refractivity contribution in [2.45, 2.75) is 38.9 Å². The van der Waals surface area contributed by atoms with Gasteiger partial charge in [-0.25, -0.2) is 4.39 Å². The average molecular weight is 386 g/mol. The number of carbonyl (C=O) groups is 1. The summed E-state index contributed by atoms with van der Waals surface area (Å²) in [6.07, 6.45) is 0.842. The van der Waals surface area contributed by atoms with E-state index in [0.717, 1.165) is 24.1 Å². The van der Waals surface area contributed by atoms with Gasteiger partial charge in [0.05, 0.1) is 20.3 Å². The predicted octanol–water partition coefficient (Wildman–Crippen LogP) is 3.47. The third-order valence-electron chi connectivity index (χ3n) is 5.21. The highest BCUT2D eigenvalue weighted by atomic mass is 19.1. The molecule has 0 aliphatic carbocycles. The fraction of sp³-hybridized carbons (Fsp3) is 0.409. The normalized spacial score (nSPS) is 17.5. The summed E-state index contributed by atoms with van der Waals surface area (Å²) in [4.78, 5) is 14.0. The number of hydrogen-bond acceptors (Lipinski definition) is 4. The van der Waals surface area contributed by atoms with Crippen LogP contribution in [-0.2, 0) is 17.8 Å². The Morgan fingerprint density at radius 1 is 1.25 bits per heavy atom. The number of ether oxygens (including phenoxy) is 2. The lowest BCUT2D eigenvalue weighted by atomic mass is 9.87. The molecule has 2 aromatic rings. The first-order valence-corrected chi connectivity index (χ1v) is 9.43. The number of amides is 1. The van der Waals surface area contributed by atoms with Crippen LogP contribution in [0.15, 0.2) is 36.4 Å². The van der Waals surface area contributed by atoms with E-state index < -0.39 is 0 Å². The van der Waals surface area contributed by atoms with Gasteiger partial charge in [0, 0.05) is 26.1 Å². The highest BCUT2D eigenvalue weighted by molar-refractivity contribution is 5.73. The minimum atomic E-state index is -0.243. The number of hydrogen-bond donors (Lipinski definition) is 1. The molecule has 0 unspecified atom stereocenters. The third kappa shape index (κ3) is 4.28. The lowest BCUT2D eigenvalue weighted by molar-refractivity contribution is -0.120. The highest BCUT2D eigenvalue weighted by Crippen LogP contribution is 2.40. The summed E-state index contributed by atoms with van der Waals surface area (Å²) in [5, 5.41) is 3.02. The van der Waals surface area contributed by atoms with Gasteiger partial charge in [0.15, 0.2) is 11.5 Å². The van der Waals surface area contributed by atoms with Crippen LogP contribution in [-0.4, -0.2) is 37.6 Å². The lowest BCUT2D eigenvalue weighted by Crippen LogP contribution is -2.46. The molecule has 0 bridgehead atoms. The van der Waals surface area contributed by atoms with Crippen molar-refractivity contribution in [2.24, 2.45) is 0 Å². The summed E-state index contributed by atoms with van der Waals surface area (Å²) >= 11 is 0. The Bertz CT molecular complexity index is 856. The van der Waals surface area contributed by atoms with Crippen molar-refractivity contribution in [2.75, 3.05) is 20.8 Å². The van der Waals surface area contributed by atoms with Crippen LogP contribution in [0.5, 0.6) is 11.5 Å². The van der Waals surface area contributed by atoms with Crippen LogP contribution < -0.4 is 14.8 Å². The molecular weight excluding hydrogens is 359 g/mol. The predicted molar refractivity (Wildman–Crippen MR) is 106 cm³/mol. The van der Waals surface area contributed by atoms with Crippen LogP contribution in [0.1, 0.15) is 36.6 Å². The van der Waals surface area contributed by atoms with Crippen molar-refractivity contribution < 1.29 is 18.7 Å². The largest absolute Gasteiger partial charge is 0.493 e. The Morgan fingerprint density at radius 3 is 2.61 bits per heavy atom. The van der Waals surface area contributed by atoms with Crippen molar-refractivity contribution in [1.29, 1.82) is 0 Å². The van der Waals surface area contributed by atoms with E-state index in [9.17, 15) is 9.18 Å². The van der Waals surface area contributed by atoms with Gasteiger partial charge in [-0.05, 0) is 54.3 Å². The first kappa shape index (κ1) is 20.1. The average Bonchev–Trinajstić information content (AvgIpc) is 2.66. The molecule has 5 nitrogen and oxygen atoms in total. The van der Waals surface area contributed by atoms with Gasteiger partial charge in [-0.1, -0.05) is 12.1 Å². The van der Waals surface area contributed by atoms with Crippen molar-refractivity contribution in [1.82, 2.24) is 10.2 Å². The van der Waals surface area contributed by atoms with Crippen LogP contribution >= 0.6 is 0 Å². The molecule has 0 aromatic heterocycles. The number of methoxy groups -OCH3 is 2. The van der Waals surface area contributed by atoms with Crippen LogP contribution in [0.4, 0.5) is 4.39 Å². The highest BCUT2D eigenvalue weighted by Gasteiger charge is 2.33. The van der Waals surface area contributed by atoms with Gasteiger partial charge in [0.2, 0.25) is 5.91 Å². The molecule has 6 heteroatoms. The molecule has 1 aliphatic heterocycles. The van der Waals surface area contributed by atoms with E-state index in [1.165, 1.54) is 18.6 Å². The molecule has 0 radical (unpaired) electrons. The van der Waals surface area contributed by atoms with Crippen molar-refractivity contribution in [3.63, 3.8) is 0 Å². The minimum Gasteiger partial charge on any atom is -0.493 e. The Balaban J connectivity index is 2.00. The summed E-state index contributed by atoms with van der Waals surface area (Å²) < 4.78 is 24.6. The second-order valence-corrected chi connectivity index (χ2v) is 7.19. The maximum Gasteiger partial charge on any atom is 0.217 e. The van der Waals surface area contributed by atoms with Gasteiger partial charge in [0.25, 0.3) is 0 Å². The second-order valence-electron chi connectivity index (χ2n) is 7.19. The Hall–Kier alpha value is -2.60. The molecule has 0 saturated carbocycles. The molecule has 1 amide bonds. The summed E-state index contributed by atoms with van der Waals surface area (Å²) in [6.45, 7) is 4.91. The molecule has 1 N–H and O–H groups in total. The van der Waals surface area contributed by atoms with E-state index in [0.29, 0.717) is 18.0 Å². The smallest absolute Gasteiger partial charge is 0.217 e. The molecular formula is C22H27FN2O3. The summed E-state index contributed by atoms with van der Waals surface area (Å²) in [5.74, 6) is 1.04. The molecule has 1 heterocycles. The first-order chi connectivity index (χ1) is 13.4. The number of rotatable bonds is 6. The van der Waals surface area contributed by atoms with Crippen molar-refractivity contribution in [3.05, 3.63) is 58.9 Å². The molecule has 0 fully saturated rings. The van der Waals surface area contributed by atoms with E-state index in [1.54, 1.807) is 26.4 Å². The van der Waals surface area contributed by atoms with Gasteiger partial charge in [-0.3, -0.25) is 9.69 Å². The van der Waals surface area contributed by atoms with Crippen LogP contribution in [0.2, 0.25) is 0 Å². The molecule has 1 aliphatic rings. The number of benzene rings is 2. The van der Waals surface area contributed by atoms with E-state index in [4.69, 9.17) is 9.47 Å². The third-order valence-corrected chi connectivity index (χ3v) is 5.21. The van der Waals surface area contributed by atoms with E-state index >= 15 is 0 Å². The molecule has 0 saturated heterocycles. The van der Waals surface area contributed by atoms with Gasteiger partial charge >= 0.3 is 0 Å². The number of carbonyl (C=O) groups excluding carboxylic acids is 1. The maximum absolute atomic E-state index is 13.7. The van der Waals surface area contributed by atoms with Gasteiger partial charge in [-0.2, -0.15) is 0 Å². The monoisotopic (exact) mass is 386 g/mol. The Morgan fingerprint density at radius 2 is 1.96 bits per heavy atom. The zero-order chi connectivity index (χ0) is 20.3. The van der Waals surface area contributed by atoms with E-state index in [2.05, 4.69) is 10.2 Å². The van der Waals surface area contributed by atoms with E-state index in [-0.39, 0.29) is 23.8 Å². The maximum atomic E-state index is 13.7. The van der Waals surface area contributed by atoms with Crippen LogP contribution in [0, 0.1) is 5.82 Å². The summed E-state index contributed by atoms with van der Waals surface area (Å²) in [6, 6.07) is 10.5. The molecule has 2 atom stereocenters. The standard InChI is InChI=1S/C22H27FN2O3/c1-14(24-15(2)26)22-19-12-21(28-4)20(27-3)11-17(19)8-9-25(22)13-16-6-5-7-18(23)10-16/h5-7,10-12,14,22H,8-9,13H2,1-4H3,(H,24,26)/t14-,22+/m1/s1. The lowest BCUT2D eigenvalue weighted by Gasteiger charge is -2.41. The van der Waals surface area contributed by atoms with Crippen LogP contribution in [0.3, 0.4) is 0 Å². The summed E-state index contributed by atoms with van der Waals surface area (Å²) in [5.41, 5.74) is 3.18. The fourth-order valence-corrected chi connectivity index (χ4v) is 4.06. The molecule has 0 spiro atoms. The van der Waals surface area contributed by atoms with Crippen molar-refractivity contribution in [3.8, 4) is 11.5 Å². The zero-order valence-corrected chi connectivity index (χ0v) is 16.8. The summed E-state index contributed by atoms with van der Waals surface area (Å²) in [7, 11) is 3.24. The molecule has 3 rings (SSSR count). The minimum absolute atomic E-state index is 0.0595. The molecule has 28 heavy (non-hydrogen) atoms. The van der Waals surface area contributed by atoms with Crippen LogP contribution in [0.25, 0.3) is 0 Å². The number of halogens is 1. The topological polar surface area (TPSA) is 50.8 Å². The number of fused-ring (bicyclic) bond motifs is 1. The SMILES string of the molecule is COc1cc2c(cc1OC)[C@H]([C@@H](C)NC(C)=O)N(Cc1cccc(F)c1)CC2. The molecule has 2 aromatic carbocycles. The Kier molecular flexibility index (Phi) is 6.19. The van der Waals surface area contributed by atoms with Crippen molar-refractivity contribution >= 4 is 5.91 Å². The quantitative estimate of drug-likeness (QED) is 0.826. The second kappa shape index (κ2) is 8.61. The number of nitrogens with zero attached hydrogens (tertiary/aromatic N) is 1. The van der Waals surface area contributed by atoms with Gasteiger partial charge in [0.1, 0.15) is 5.82 Å². The fourth-order valence-electron chi connectivity index (χ4n) is 4.06. The number of nitrogens with one attached hydrogen (secondary N) is 1. The van der Waals surface area contributed by atoms with Gasteiger partial charge < -0.3 is 14.8 Å². The molecule has 150 valence electrons. The van der Waals surface area contributed by atoms with Gasteiger partial charge in [-0.15, -0.1) is 0 Å². The zero-order valence-electron chi connectivity index (χ0n) is 16.8.